The first-order valence-corrected chi connectivity index (χ1v) is 23.4. The highest BCUT2D eigenvalue weighted by Crippen LogP contribution is 2.58. The van der Waals surface area contributed by atoms with Crippen molar-refractivity contribution in [2.45, 2.75) is 95.7 Å². The van der Waals surface area contributed by atoms with E-state index in [-0.39, 0.29) is 54.1 Å². The summed E-state index contributed by atoms with van der Waals surface area (Å²) in [5.41, 5.74) is 1.28. The fourth-order valence-corrected chi connectivity index (χ4v) is 11.6. The van der Waals surface area contributed by atoms with Gasteiger partial charge in [-0.25, -0.2) is 9.48 Å². The molecule has 3 aromatic carbocycles. The molecule has 0 saturated carbocycles. The van der Waals surface area contributed by atoms with Gasteiger partial charge in [0.2, 0.25) is 17.7 Å². The minimum atomic E-state index is -4.42. The lowest BCUT2D eigenvalue weighted by Gasteiger charge is -2.36. The third-order valence-corrected chi connectivity index (χ3v) is 15.1. The fraction of sp³-hybridized carbons (Fsp3) is 0.467. The van der Waals surface area contributed by atoms with Crippen molar-refractivity contribution in [1.82, 2.24) is 20.2 Å². The molecule has 2 N–H and O–H groups in total. The van der Waals surface area contributed by atoms with Gasteiger partial charge in [-0.15, -0.1) is 11.3 Å². The summed E-state index contributed by atoms with van der Waals surface area (Å²) in [6.45, 7) is 7.09. The van der Waals surface area contributed by atoms with Gasteiger partial charge < -0.3 is 24.4 Å². The van der Waals surface area contributed by atoms with Gasteiger partial charge in [-0.1, -0.05) is 81.3 Å². The number of ether oxygens (including phenoxy) is 1. The summed E-state index contributed by atoms with van der Waals surface area (Å²) in [4.78, 5) is 58.8. The number of carbonyl (C=O) groups is 4. The van der Waals surface area contributed by atoms with E-state index in [0.29, 0.717) is 53.2 Å². The molecule has 4 heterocycles. The Morgan fingerprint density at radius 2 is 1.68 bits per heavy atom. The number of para-hydroxylation sites is 1. The van der Waals surface area contributed by atoms with Crippen molar-refractivity contribution in [2.75, 3.05) is 26.2 Å². The molecule has 0 bridgehead atoms. The van der Waals surface area contributed by atoms with Crippen LogP contribution in [-0.2, 0) is 23.7 Å². The van der Waals surface area contributed by atoms with Crippen molar-refractivity contribution < 1.29 is 37.4 Å². The summed E-state index contributed by atoms with van der Waals surface area (Å²) < 4.78 is 42.4. The van der Waals surface area contributed by atoms with Crippen LogP contribution >= 0.6 is 18.9 Å². The lowest BCUT2D eigenvalue weighted by molar-refractivity contribution is -0.148. The van der Waals surface area contributed by atoms with Gasteiger partial charge in [0.25, 0.3) is 5.91 Å². The summed E-state index contributed by atoms with van der Waals surface area (Å²) in [5, 5.41) is 6.15. The van der Waals surface area contributed by atoms with Crippen molar-refractivity contribution in [2.24, 2.45) is 11.8 Å². The third-order valence-electron chi connectivity index (χ3n) is 11.9. The molecule has 4 aromatic rings. The number of amides is 3. The Balaban J connectivity index is 1.02. The summed E-state index contributed by atoms with van der Waals surface area (Å²) in [6, 6.07) is 23.2. The predicted molar refractivity (Wildman–Crippen MR) is 227 cm³/mol. The van der Waals surface area contributed by atoms with E-state index in [4.69, 9.17) is 9.26 Å². The number of halogens is 1. The molecule has 3 saturated heterocycles. The number of esters is 1. The standard InChI is InChI=1S/C45H54FN4O7PS/c1-4-23-56-45(54)30(3)48-58(55,57-36-17-9-6-10-18-36)41(46)32-19-22-39-34(24-32)25-40(59-39)42(51)47-26-33-15-11-12-16-35-20-21-38(50(35)43(33)52)44(53)49-27-29(2)37(28-49)31-13-7-5-8-14-31/h5-10,13-14,17-19,22,24-25,29-30,33,35,37-38,41H,4,11-12,15-16,20-21,23,26-28H2,1-3H3,(H,47,51)(H,48,55)/t29-,30-,33?,35-,37-,38-,41+,58?/m0/s1. The van der Waals surface area contributed by atoms with Gasteiger partial charge in [-0.3, -0.25) is 23.7 Å². The largest absolute Gasteiger partial charge is 0.465 e. The minimum absolute atomic E-state index is 0.0118. The Kier molecular flexibility index (Phi) is 13.5. The SMILES string of the molecule is CCCOC(=O)[C@H](C)NP(=O)(Oc1ccccc1)[C@@H](F)c1ccc2sc(C(=O)NCC3CCCC[C@H]4CC[C@@H](C(=O)N5C[C@H](c6ccccc6)[C@@H](C)C5)N4C3=O)cc2c1. The molecule has 7 rings (SSSR count). The van der Waals surface area contributed by atoms with Gasteiger partial charge in [-0.05, 0) is 91.8 Å². The van der Waals surface area contributed by atoms with Crippen molar-refractivity contribution in [3.05, 3.63) is 101 Å². The second-order valence-corrected chi connectivity index (χ2v) is 19.4. The quantitative estimate of drug-likeness (QED) is 0.0953. The highest BCUT2D eigenvalue weighted by Gasteiger charge is 2.47. The molecule has 1 aromatic heterocycles. The maximum Gasteiger partial charge on any atom is 0.355 e. The molecular formula is C45H54FN4O7PS. The first-order chi connectivity index (χ1) is 28.5. The average molecular weight is 845 g/mol. The monoisotopic (exact) mass is 844 g/mol. The number of hydrogen-bond acceptors (Lipinski definition) is 8. The Morgan fingerprint density at radius 1 is 0.949 bits per heavy atom. The van der Waals surface area contributed by atoms with Crippen LogP contribution in [0.3, 0.4) is 0 Å². The highest BCUT2D eigenvalue weighted by atomic mass is 32.1. The molecule has 59 heavy (non-hydrogen) atoms. The van der Waals surface area contributed by atoms with E-state index in [0.717, 1.165) is 25.7 Å². The third kappa shape index (κ3) is 9.58. The zero-order chi connectivity index (χ0) is 41.7. The summed E-state index contributed by atoms with van der Waals surface area (Å²) in [6.07, 6.45) is 5.33. The van der Waals surface area contributed by atoms with E-state index < -0.39 is 37.4 Å². The molecule has 11 nitrogen and oxygen atoms in total. The number of nitrogens with zero attached hydrogens (tertiary/aromatic N) is 2. The second kappa shape index (κ2) is 18.8. The van der Waals surface area contributed by atoms with E-state index >= 15 is 4.39 Å². The van der Waals surface area contributed by atoms with Crippen molar-refractivity contribution >= 4 is 52.6 Å². The van der Waals surface area contributed by atoms with Crippen LogP contribution in [0.4, 0.5) is 4.39 Å². The van der Waals surface area contributed by atoms with Crippen LogP contribution in [0.15, 0.2) is 84.9 Å². The van der Waals surface area contributed by atoms with Crippen LogP contribution in [0.1, 0.15) is 98.3 Å². The van der Waals surface area contributed by atoms with Crippen molar-refractivity contribution in [1.29, 1.82) is 0 Å². The predicted octanol–water partition coefficient (Wildman–Crippen LogP) is 8.61. The Hall–Kier alpha value is -4.58. The van der Waals surface area contributed by atoms with Gasteiger partial charge in [-0.2, -0.15) is 0 Å². The molecular weight excluding hydrogens is 791 g/mol. The topological polar surface area (TPSA) is 134 Å². The van der Waals surface area contributed by atoms with Gasteiger partial charge in [0, 0.05) is 36.3 Å². The van der Waals surface area contributed by atoms with Crippen LogP contribution in [0, 0.1) is 11.8 Å². The van der Waals surface area contributed by atoms with Crippen LogP contribution in [-0.4, -0.2) is 77.9 Å². The molecule has 0 radical (unpaired) electrons. The normalized spacial score (nSPS) is 24.1. The Morgan fingerprint density at radius 3 is 2.42 bits per heavy atom. The molecule has 14 heteroatoms. The molecule has 0 aliphatic carbocycles. The Labute approximate surface area is 349 Å². The number of benzene rings is 3. The minimum Gasteiger partial charge on any atom is -0.465 e. The van der Waals surface area contributed by atoms with Crippen LogP contribution in [0.2, 0.25) is 0 Å². The van der Waals surface area contributed by atoms with E-state index in [1.54, 1.807) is 42.5 Å². The number of alkyl halides is 1. The van der Waals surface area contributed by atoms with Crippen molar-refractivity contribution in [3.8, 4) is 5.75 Å². The number of carbonyl (C=O) groups excluding carboxylic acids is 4. The maximum absolute atomic E-state index is 16.5. The first-order valence-electron chi connectivity index (χ1n) is 20.9. The van der Waals surface area contributed by atoms with E-state index in [1.165, 1.54) is 36.0 Å². The number of rotatable bonds is 14. The zero-order valence-corrected chi connectivity index (χ0v) is 35.6. The second-order valence-electron chi connectivity index (χ2n) is 16.2. The van der Waals surface area contributed by atoms with Crippen LogP contribution in [0.5, 0.6) is 5.75 Å². The maximum atomic E-state index is 16.5. The molecule has 2 unspecified atom stereocenters. The van der Waals surface area contributed by atoms with E-state index in [1.807, 2.05) is 34.9 Å². The van der Waals surface area contributed by atoms with Gasteiger partial charge in [0.1, 0.15) is 17.8 Å². The highest BCUT2D eigenvalue weighted by molar-refractivity contribution is 7.57. The summed E-state index contributed by atoms with van der Waals surface area (Å²) >= 11 is 1.23. The molecule has 0 spiro atoms. The molecule has 3 aliphatic rings. The molecule has 3 fully saturated rings. The number of thiophene rings is 1. The van der Waals surface area contributed by atoms with Crippen LogP contribution < -0.4 is 14.9 Å². The summed E-state index contributed by atoms with van der Waals surface area (Å²) in [7, 11) is -4.42. The van der Waals surface area contributed by atoms with Crippen molar-refractivity contribution in [3.63, 3.8) is 0 Å². The average Bonchev–Trinajstić information content (AvgIpc) is 3.98. The van der Waals surface area contributed by atoms with Gasteiger partial charge in [0.15, 0.2) is 0 Å². The van der Waals surface area contributed by atoms with Gasteiger partial charge >= 0.3 is 13.5 Å². The first kappa shape index (κ1) is 42.5. The fourth-order valence-electron chi connectivity index (χ4n) is 8.78. The smallest absolute Gasteiger partial charge is 0.355 e. The molecule has 3 aliphatic heterocycles. The molecule has 314 valence electrons. The van der Waals surface area contributed by atoms with Crippen LogP contribution in [0.25, 0.3) is 10.1 Å². The lowest BCUT2D eigenvalue weighted by Crippen LogP contribution is -2.53. The van der Waals surface area contributed by atoms with E-state index in [9.17, 15) is 23.7 Å². The zero-order valence-electron chi connectivity index (χ0n) is 33.9. The van der Waals surface area contributed by atoms with Gasteiger partial charge in [0.05, 0.1) is 17.4 Å². The lowest BCUT2D eigenvalue weighted by atomic mass is 9.90. The summed E-state index contributed by atoms with van der Waals surface area (Å²) in [5.74, 6) is -2.98. The number of hydrogen-bond donors (Lipinski definition) is 2. The number of fused-ring (bicyclic) bond motifs is 2. The Bertz CT molecular complexity index is 2170. The number of nitrogens with one attached hydrogen (secondary N) is 2. The molecule has 8 atom stereocenters. The number of likely N-dealkylation sites (tertiary alicyclic amines) is 1. The molecule has 3 amide bonds. The van der Waals surface area contributed by atoms with E-state index in [2.05, 4.69) is 29.5 Å².